The van der Waals surface area contributed by atoms with Crippen molar-refractivity contribution >= 4 is 17.5 Å². The van der Waals surface area contributed by atoms with Crippen molar-refractivity contribution in [2.24, 2.45) is 0 Å². The molecular weight excluding hydrogens is 250 g/mol. The summed E-state index contributed by atoms with van der Waals surface area (Å²) < 4.78 is 0. The Labute approximate surface area is 112 Å². The van der Waals surface area contributed by atoms with Gasteiger partial charge in [-0.1, -0.05) is 30.3 Å². The van der Waals surface area contributed by atoms with E-state index in [1.807, 2.05) is 30.3 Å². The molecule has 18 heavy (non-hydrogen) atoms. The number of carbonyl (C=O) groups excluding carboxylic acids is 1. The molecule has 0 bridgehead atoms. The molecule has 0 heterocycles. The molecule has 0 aliphatic heterocycles. The Hall–Kier alpha value is -1.06. The van der Waals surface area contributed by atoms with Crippen molar-refractivity contribution in [2.45, 2.75) is 38.0 Å². The molecule has 1 aromatic rings. The van der Waals surface area contributed by atoms with Crippen LogP contribution in [0, 0.1) is 0 Å². The third-order valence-corrected chi connectivity index (χ3v) is 3.70. The van der Waals surface area contributed by atoms with Crippen LogP contribution in [0.1, 0.15) is 24.8 Å². The Morgan fingerprint density at radius 3 is 2.61 bits per heavy atom. The van der Waals surface area contributed by atoms with Gasteiger partial charge in [0.25, 0.3) is 0 Å². The normalized spacial score (nSPS) is 23.0. The number of aliphatic hydroxyl groups excluding tert-OH is 1. The molecule has 0 saturated heterocycles. The second kappa shape index (κ2) is 6.21. The molecule has 1 aliphatic rings. The van der Waals surface area contributed by atoms with Crippen molar-refractivity contribution in [1.29, 1.82) is 0 Å². The molecule has 3 nitrogen and oxygen atoms in total. The predicted octanol–water partition coefficient (Wildman–Crippen LogP) is 2.17. The maximum Gasteiger partial charge on any atom is 0.238 e. The molecule has 0 radical (unpaired) electrons. The van der Waals surface area contributed by atoms with Gasteiger partial charge in [-0.3, -0.25) is 4.79 Å². The summed E-state index contributed by atoms with van der Waals surface area (Å²) in [6.07, 6.45) is 2.18. The van der Waals surface area contributed by atoms with Crippen LogP contribution in [0.15, 0.2) is 30.3 Å². The predicted molar refractivity (Wildman–Crippen MR) is 71.4 cm³/mol. The van der Waals surface area contributed by atoms with Crippen LogP contribution in [0.3, 0.4) is 0 Å². The van der Waals surface area contributed by atoms with E-state index in [2.05, 4.69) is 0 Å². The zero-order valence-electron chi connectivity index (χ0n) is 10.3. The molecule has 2 rings (SSSR count). The minimum atomic E-state index is -0.416. The smallest absolute Gasteiger partial charge is 0.238 e. The average molecular weight is 268 g/mol. The van der Waals surface area contributed by atoms with Crippen molar-refractivity contribution in [2.75, 3.05) is 5.88 Å². The number of hydrogen-bond acceptors (Lipinski definition) is 2. The zero-order valence-corrected chi connectivity index (χ0v) is 11.0. The zero-order chi connectivity index (χ0) is 13.0. The number of benzene rings is 1. The van der Waals surface area contributed by atoms with E-state index in [0.717, 1.165) is 24.8 Å². The lowest BCUT2D eigenvalue weighted by molar-refractivity contribution is -0.133. The first kappa shape index (κ1) is 13.4. The second-order valence-electron chi connectivity index (χ2n) is 4.71. The Morgan fingerprint density at radius 2 is 2.06 bits per heavy atom. The summed E-state index contributed by atoms with van der Waals surface area (Å²) in [5, 5.41) is 9.94. The summed E-state index contributed by atoms with van der Waals surface area (Å²) in [7, 11) is 0. The third-order valence-electron chi connectivity index (χ3n) is 3.47. The molecule has 1 amide bonds. The highest BCUT2D eigenvalue weighted by Gasteiger charge is 2.33. The largest absolute Gasteiger partial charge is 0.391 e. The van der Waals surface area contributed by atoms with Gasteiger partial charge < -0.3 is 10.0 Å². The van der Waals surface area contributed by atoms with E-state index in [0.29, 0.717) is 6.54 Å². The first-order valence-corrected chi connectivity index (χ1v) is 6.83. The minimum Gasteiger partial charge on any atom is -0.391 e. The summed E-state index contributed by atoms with van der Waals surface area (Å²) in [6.45, 7) is 0.522. The minimum absolute atomic E-state index is 0.0317. The molecule has 0 spiro atoms. The van der Waals surface area contributed by atoms with Gasteiger partial charge in [-0.15, -0.1) is 11.6 Å². The maximum atomic E-state index is 11.9. The van der Waals surface area contributed by atoms with Crippen molar-refractivity contribution in [3.05, 3.63) is 35.9 Å². The van der Waals surface area contributed by atoms with Gasteiger partial charge in [0, 0.05) is 6.54 Å². The summed E-state index contributed by atoms with van der Waals surface area (Å²) in [5.41, 5.74) is 1.06. The monoisotopic (exact) mass is 267 g/mol. The highest BCUT2D eigenvalue weighted by molar-refractivity contribution is 6.27. The van der Waals surface area contributed by atoms with Gasteiger partial charge in [0.2, 0.25) is 5.91 Å². The highest BCUT2D eigenvalue weighted by Crippen LogP contribution is 2.26. The molecule has 0 aromatic heterocycles. The van der Waals surface area contributed by atoms with Crippen LogP contribution in [-0.4, -0.2) is 33.9 Å². The molecule has 1 aliphatic carbocycles. The lowest BCUT2D eigenvalue weighted by Crippen LogP contribution is -2.44. The number of carbonyl (C=O) groups is 1. The first-order chi connectivity index (χ1) is 8.72. The van der Waals surface area contributed by atoms with E-state index in [9.17, 15) is 9.90 Å². The fourth-order valence-corrected chi connectivity index (χ4v) is 2.69. The van der Waals surface area contributed by atoms with Gasteiger partial charge in [-0.2, -0.15) is 0 Å². The maximum absolute atomic E-state index is 11.9. The van der Waals surface area contributed by atoms with Crippen molar-refractivity contribution in [3.8, 4) is 0 Å². The summed E-state index contributed by atoms with van der Waals surface area (Å²) in [6, 6.07) is 9.72. The number of aliphatic hydroxyl groups is 1. The molecular formula is C14H18ClNO2. The molecule has 1 fully saturated rings. The molecule has 4 heteroatoms. The van der Waals surface area contributed by atoms with E-state index in [1.165, 1.54) is 0 Å². The Bertz CT molecular complexity index is 396. The van der Waals surface area contributed by atoms with E-state index in [1.54, 1.807) is 4.90 Å². The molecule has 0 unspecified atom stereocenters. The fourth-order valence-electron chi connectivity index (χ4n) is 2.53. The van der Waals surface area contributed by atoms with Crippen LogP contribution >= 0.6 is 11.6 Å². The molecule has 1 saturated carbocycles. The SMILES string of the molecule is O=C(CCl)N(Cc1ccccc1)[C@H]1CCC[C@@H]1O. The molecule has 98 valence electrons. The Balaban J connectivity index is 2.13. The Morgan fingerprint density at radius 1 is 1.33 bits per heavy atom. The van der Waals surface area contributed by atoms with E-state index in [4.69, 9.17) is 11.6 Å². The molecule has 1 N–H and O–H groups in total. The van der Waals surface area contributed by atoms with Crippen molar-refractivity contribution < 1.29 is 9.90 Å². The third kappa shape index (κ3) is 3.03. The van der Waals surface area contributed by atoms with E-state index < -0.39 is 6.10 Å². The lowest BCUT2D eigenvalue weighted by Gasteiger charge is -2.30. The van der Waals surface area contributed by atoms with Gasteiger partial charge in [0.1, 0.15) is 5.88 Å². The number of nitrogens with zero attached hydrogens (tertiary/aromatic N) is 1. The summed E-state index contributed by atoms with van der Waals surface area (Å²) in [5.74, 6) is -0.137. The van der Waals surface area contributed by atoms with Crippen molar-refractivity contribution in [1.82, 2.24) is 4.90 Å². The molecule has 1 aromatic carbocycles. The number of alkyl halides is 1. The quantitative estimate of drug-likeness (QED) is 0.850. The van der Waals surface area contributed by atoms with Crippen molar-refractivity contribution in [3.63, 3.8) is 0 Å². The van der Waals surface area contributed by atoms with Gasteiger partial charge >= 0.3 is 0 Å². The van der Waals surface area contributed by atoms with Gasteiger partial charge in [0.15, 0.2) is 0 Å². The van der Waals surface area contributed by atoms with Gasteiger partial charge in [0.05, 0.1) is 12.1 Å². The average Bonchev–Trinajstić information content (AvgIpc) is 2.82. The number of rotatable bonds is 4. The van der Waals surface area contributed by atoms with Crippen LogP contribution in [0.25, 0.3) is 0 Å². The van der Waals surface area contributed by atoms with Gasteiger partial charge in [-0.25, -0.2) is 0 Å². The summed E-state index contributed by atoms with van der Waals surface area (Å²) in [4.78, 5) is 13.7. The van der Waals surface area contributed by atoms with E-state index in [-0.39, 0.29) is 17.8 Å². The van der Waals surface area contributed by atoms with Crippen LogP contribution in [0.4, 0.5) is 0 Å². The van der Waals surface area contributed by atoms with Crippen LogP contribution < -0.4 is 0 Å². The van der Waals surface area contributed by atoms with Crippen LogP contribution in [0.5, 0.6) is 0 Å². The first-order valence-electron chi connectivity index (χ1n) is 6.30. The lowest BCUT2D eigenvalue weighted by atomic mass is 10.1. The topological polar surface area (TPSA) is 40.5 Å². The molecule has 2 atom stereocenters. The van der Waals surface area contributed by atoms with Crippen LogP contribution in [-0.2, 0) is 11.3 Å². The van der Waals surface area contributed by atoms with E-state index >= 15 is 0 Å². The number of amides is 1. The highest BCUT2D eigenvalue weighted by atomic mass is 35.5. The Kier molecular flexibility index (Phi) is 4.61. The fraction of sp³-hybridized carbons (Fsp3) is 0.500. The van der Waals surface area contributed by atoms with Gasteiger partial charge in [-0.05, 0) is 24.8 Å². The summed E-state index contributed by atoms with van der Waals surface area (Å²) >= 11 is 5.67. The standard InChI is InChI=1S/C14H18ClNO2/c15-9-14(18)16(12-7-4-8-13(12)17)10-11-5-2-1-3-6-11/h1-3,5-6,12-13,17H,4,7-10H2/t12-,13-/m0/s1. The number of hydrogen-bond donors (Lipinski definition) is 1. The second-order valence-corrected chi connectivity index (χ2v) is 4.97. The van der Waals surface area contributed by atoms with Crippen LogP contribution in [0.2, 0.25) is 0 Å². The number of halogens is 1.